The molecule has 8 heteroatoms. The third-order valence-electron chi connectivity index (χ3n) is 4.50. The lowest BCUT2D eigenvalue weighted by molar-refractivity contribution is -0.142. The Bertz CT molecular complexity index is 633. The maximum absolute atomic E-state index is 12.8. The first kappa shape index (κ1) is 19.8. The molecule has 0 aromatic carbocycles. The van der Waals surface area contributed by atoms with Gasteiger partial charge in [0.2, 0.25) is 5.91 Å². The van der Waals surface area contributed by atoms with Gasteiger partial charge >= 0.3 is 6.18 Å². The van der Waals surface area contributed by atoms with Gasteiger partial charge in [-0.3, -0.25) is 9.48 Å². The van der Waals surface area contributed by atoms with E-state index in [0.717, 1.165) is 23.6 Å². The number of nitrogens with zero attached hydrogens (tertiary/aromatic N) is 2. The Morgan fingerprint density at radius 2 is 1.84 bits per heavy atom. The van der Waals surface area contributed by atoms with E-state index in [0.29, 0.717) is 5.69 Å². The molecule has 1 amide bonds. The van der Waals surface area contributed by atoms with E-state index in [4.69, 9.17) is 0 Å². The Morgan fingerprint density at radius 1 is 1.32 bits per heavy atom. The normalized spacial score (nSPS) is 21.8. The predicted molar refractivity (Wildman–Crippen MR) is 89.1 cm³/mol. The summed E-state index contributed by atoms with van der Waals surface area (Å²) in [6, 6.07) is 0.108. The molecule has 1 saturated heterocycles. The lowest BCUT2D eigenvalue weighted by Gasteiger charge is -2.46. The van der Waals surface area contributed by atoms with E-state index >= 15 is 0 Å². The standard InChI is InChI=1S/C17H27F3N4O/c1-10-7-13(17(18,19)20)22-24(10)11(2)14(25)21-12-8-15(3,4)23-16(5,6)9-12/h7,11-12,23H,8-9H2,1-6H3,(H,21,25)/t11-/m1/s1. The van der Waals surface area contributed by atoms with Crippen LogP contribution in [0, 0.1) is 6.92 Å². The van der Waals surface area contributed by atoms with E-state index in [1.807, 2.05) is 0 Å². The van der Waals surface area contributed by atoms with Gasteiger partial charge in [0.05, 0.1) is 0 Å². The molecule has 1 atom stereocenters. The zero-order valence-corrected chi connectivity index (χ0v) is 15.6. The quantitative estimate of drug-likeness (QED) is 0.870. The third kappa shape index (κ3) is 4.74. The first-order chi connectivity index (χ1) is 11.2. The van der Waals surface area contributed by atoms with Gasteiger partial charge in [0, 0.05) is 22.8 Å². The molecular formula is C17H27F3N4O. The molecule has 1 aromatic rings. The van der Waals surface area contributed by atoms with Crippen molar-refractivity contribution >= 4 is 5.91 Å². The Balaban J connectivity index is 2.12. The van der Waals surface area contributed by atoms with Gasteiger partial charge in [-0.05, 0) is 60.5 Å². The number of halogens is 3. The van der Waals surface area contributed by atoms with Crippen LogP contribution in [0.5, 0.6) is 0 Å². The van der Waals surface area contributed by atoms with Gasteiger partial charge < -0.3 is 10.6 Å². The van der Waals surface area contributed by atoms with Crippen LogP contribution in [0.1, 0.15) is 64.9 Å². The van der Waals surface area contributed by atoms with Gasteiger partial charge in [-0.15, -0.1) is 0 Å². The summed E-state index contributed by atoms with van der Waals surface area (Å²) in [5.74, 6) is -0.321. The highest BCUT2D eigenvalue weighted by atomic mass is 19.4. The molecule has 0 aliphatic carbocycles. The van der Waals surface area contributed by atoms with Crippen LogP contribution in [0.2, 0.25) is 0 Å². The summed E-state index contributed by atoms with van der Waals surface area (Å²) in [6.07, 6.45) is -3.02. The van der Waals surface area contributed by atoms with E-state index in [9.17, 15) is 18.0 Å². The summed E-state index contributed by atoms with van der Waals surface area (Å²) in [7, 11) is 0. The number of amides is 1. The molecule has 1 aromatic heterocycles. The molecule has 142 valence electrons. The molecule has 5 nitrogen and oxygen atoms in total. The molecule has 1 aliphatic rings. The maximum Gasteiger partial charge on any atom is 0.435 e. The molecule has 2 heterocycles. The van der Waals surface area contributed by atoms with Crippen molar-refractivity contribution in [2.24, 2.45) is 0 Å². The van der Waals surface area contributed by atoms with Crippen molar-refractivity contribution in [2.45, 2.75) is 83.7 Å². The minimum atomic E-state index is -4.52. The number of aryl methyl sites for hydroxylation is 1. The molecule has 0 bridgehead atoms. The lowest BCUT2D eigenvalue weighted by atomic mass is 9.79. The minimum absolute atomic E-state index is 0.0424. The van der Waals surface area contributed by atoms with Gasteiger partial charge in [0.25, 0.3) is 0 Å². The number of piperidine rings is 1. The zero-order valence-electron chi connectivity index (χ0n) is 15.6. The molecule has 2 rings (SSSR count). The average molecular weight is 360 g/mol. The fourth-order valence-corrected chi connectivity index (χ4v) is 3.88. The number of alkyl halides is 3. The maximum atomic E-state index is 12.8. The molecule has 1 aliphatic heterocycles. The summed E-state index contributed by atoms with van der Waals surface area (Å²) >= 11 is 0. The van der Waals surface area contributed by atoms with Crippen molar-refractivity contribution in [1.29, 1.82) is 0 Å². The number of carbonyl (C=O) groups is 1. The van der Waals surface area contributed by atoms with Gasteiger partial charge in [0.1, 0.15) is 6.04 Å². The topological polar surface area (TPSA) is 59.0 Å². The Morgan fingerprint density at radius 3 is 2.28 bits per heavy atom. The van der Waals surface area contributed by atoms with Crippen molar-refractivity contribution < 1.29 is 18.0 Å². The van der Waals surface area contributed by atoms with Gasteiger partial charge in [-0.2, -0.15) is 18.3 Å². The van der Waals surface area contributed by atoms with Crippen LogP contribution in [-0.2, 0) is 11.0 Å². The summed E-state index contributed by atoms with van der Waals surface area (Å²) in [4.78, 5) is 12.6. The van der Waals surface area contributed by atoms with Crippen LogP contribution in [0.4, 0.5) is 13.2 Å². The lowest BCUT2D eigenvalue weighted by Crippen LogP contribution is -2.62. The highest BCUT2D eigenvalue weighted by Gasteiger charge is 2.39. The molecule has 0 radical (unpaired) electrons. The minimum Gasteiger partial charge on any atom is -0.351 e. The number of hydrogen-bond acceptors (Lipinski definition) is 3. The fraction of sp³-hybridized carbons (Fsp3) is 0.765. The summed E-state index contributed by atoms with van der Waals surface area (Å²) in [6.45, 7) is 11.4. The zero-order chi connectivity index (χ0) is 19.2. The number of hydrogen-bond donors (Lipinski definition) is 2. The molecule has 0 unspecified atom stereocenters. The highest BCUT2D eigenvalue weighted by Crippen LogP contribution is 2.30. The predicted octanol–water partition coefficient (Wildman–Crippen LogP) is 3.20. The van der Waals surface area contributed by atoms with E-state index in [1.54, 1.807) is 6.92 Å². The Hall–Kier alpha value is -1.57. The van der Waals surface area contributed by atoms with Crippen LogP contribution >= 0.6 is 0 Å². The second-order valence-corrected chi connectivity index (χ2v) is 8.30. The summed E-state index contributed by atoms with van der Waals surface area (Å²) in [5.41, 5.74) is -0.933. The molecule has 2 N–H and O–H groups in total. The van der Waals surface area contributed by atoms with Crippen LogP contribution in [0.15, 0.2) is 6.07 Å². The molecular weight excluding hydrogens is 333 g/mol. The van der Waals surface area contributed by atoms with Crippen LogP contribution in [0.25, 0.3) is 0 Å². The van der Waals surface area contributed by atoms with Crippen LogP contribution in [0.3, 0.4) is 0 Å². The van der Waals surface area contributed by atoms with Gasteiger partial charge in [0.15, 0.2) is 5.69 Å². The first-order valence-electron chi connectivity index (χ1n) is 8.43. The second kappa shape index (κ2) is 6.30. The average Bonchev–Trinajstić information content (AvgIpc) is 2.75. The van der Waals surface area contributed by atoms with E-state index < -0.39 is 17.9 Å². The monoisotopic (exact) mass is 360 g/mol. The van der Waals surface area contributed by atoms with Crippen molar-refractivity contribution in [2.75, 3.05) is 0 Å². The number of rotatable bonds is 3. The smallest absolute Gasteiger partial charge is 0.351 e. The molecule has 25 heavy (non-hydrogen) atoms. The molecule has 1 fully saturated rings. The van der Waals surface area contributed by atoms with Crippen molar-refractivity contribution in [1.82, 2.24) is 20.4 Å². The summed E-state index contributed by atoms with van der Waals surface area (Å²) in [5, 5.41) is 10.1. The van der Waals surface area contributed by atoms with E-state index in [1.165, 1.54) is 6.92 Å². The van der Waals surface area contributed by atoms with E-state index in [-0.39, 0.29) is 23.0 Å². The number of aromatic nitrogens is 2. The number of carbonyl (C=O) groups excluding carboxylic acids is 1. The largest absolute Gasteiger partial charge is 0.435 e. The van der Waals surface area contributed by atoms with E-state index in [2.05, 4.69) is 43.4 Å². The molecule has 0 saturated carbocycles. The van der Waals surface area contributed by atoms with Crippen molar-refractivity contribution in [3.05, 3.63) is 17.5 Å². The Labute approximate surface area is 146 Å². The van der Waals surface area contributed by atoms with Crippen molar-refractivity contribution in [3.8, 4) is 0 Å². The van der Waals surface area contributed by atoms with Crippen molar-refractivity contribution in [3.63, 3.8) is 0 Å². The van der Waals surface area contributed by atoms with Gasteiger partial charge in [-0.25, -0.2) is 0 Å². The first-order valence-corrected chi connectivity index (χ1v) is 8.43. The van der Waals surface area contributed by atoms with Crippen LogP contribution < -0.4 is 10.6 Å². The highest BCUT2D eigenvalue weighted by molar-refractivity contribution is 5.80. The fourth-order valence-electron chi connectivity index (χ4n) is 3.88. The summed E-state index contributed by atoms with van der Waals surface area (Å²) < 4.78 is 39.6. The Kier molecular flexibility index (Phi) is 4.98. The van der Waals surface area contributed by atoms with Crippen LogP contribution in [-0.4, -0.2) is 32.8 Å². The third-order valence-corrected chi connectivity index (χ3v) is 4.50. The number of nitrogens with one attached hydrogen (secondary N) is 2. The van der Waals surface area contributed by atoms with Gasteiger partial charge in [-0.1, -0.05) is 0 Å². The molecule has 0 spiro atoms. The second-order valence-electron chi connectivity index (χ2n) is 8.30. The SMILES string of the molecule is Cc1cc(C(F)(F)F)nn1[C@H](C)C(=O)NC1CC(C)(C)NC(C)(C)C1.